The highest BCUT2D eigenvalue weighted by atomic mass is 16.7. The molecule has 0 amide bonds. The molecule has 1 aliphatic rings. The fourth-order valence-electron chi connectivity index (χ4n) is 9.27. The van der Waals surface area contributed by atoms with Gasteiger partial charge >= 0.3 is 7.12 Å². The van der Waals surface area contributed by atoms with Gasteiger partial charge in [-0.3, -0.25) is 15.0 Å². The SMILES string of the molecule is CC1(C)OB(c2cccc(-c3ccc(-c4ccccc4-c4cc(-c5ccccc5-c5ccc(-c6ccccc6)nc5)cc(-c5ccccc5-c5ccc(-c6ccccc6)nc5)c4)cn3)c2)OC1(C)C. The Bertz CT molecular complexity index is 3270. The zero-order valence-corrected chi connectivity index (χ0v) is 39.2. The van der Waals surface area contributed by atoms with Crippen LogP contribution in [0.5, 0.6) is 0 Å². The lowest BCUT2D eigenvalue weighted by molar-refractivity contribution is 0.00578. The van der Waals surface area contributed by atoms with E-state index in [9.17, 15) is 0 Å². The molecular weight excluding hydrogens is 842 g/mol. The van der Waals surface area contributed by atoms with Crippen molar-refractivity contribution in [3.63, 3.8) is 0 Å². The Labute approximate surface area is 405 Å². The first-order chi connectivity index (χ1) is 33.7. The van der Waals surface area contributed by atoms with Crippen LogP contribution in [-0.4, -0.2) is 33.3 Å². The Kier molecular flexibility index (Phi) is 11.5. The normalized spacial score (nSPS) is 13.9. The van der Waals surface area contributed by atoms with E-state index in [1.165, 1.54) is 0 Å². The van der Waals surface area contributed by atoms with Crippen LogP contribution in [0.2, 0.25) is 0 Å². The largest absolute Gasteiger partial charge is 0.494 e. The van der Waals surface area contributed by atoms with Crippen molar-refractivity contribution in [2.24, 2.45) is 0 Å². The van der Waals surface area contributed by atoms with Crippen LogP contribution in [0.3, 0.4) is 0 Å². The third kappa shape index (κ3) is 8.73. The van der Waals surface area contributed by atoms with Crippen LogP contribution in [0.4, 0.5) is 0 Å². The molecule has 332 valence electrons. The first kappa shape index (κ1) is 43.5. The molecule has 0 radical (unpaired) electrons. The van der Waals surface area contributed by atoms with Gasteiger partial charge in [-0.05, 0) is 125 Å². The van der Waals surface area contributed by atoms with E-state index in [4.69, 9.17) is 24.3 Å². The standard InChI is InChI=1S/C63H50BN3O2/c1-62(2)63(3,4)69-64(68-62)52-23-17-22-45(39-52)61-35-32-48(42-67-61)55-26-13-16-29-58(55)51-37-49(56-27-14-11-24-53(56)46-30-33-59(65-40-46)43-18-7-5-8-19-43)36-50(38-51)57-28-15-12-25-54(57)47-31-34-60(66-41-47)44-20-9-6-10-21-44/h5-42H,1-4H3. The summed E-state index contributed by atoms with van der Waals surface area (Å²) in [6.45, 7) is 8.32. The summed E-state index contributed by atoms with van der Waals surface area (Å²) in [6.07, 6.45) is 5.98. The second kappa shape index (κ2) is 18.2. The lowest BCUT2D eigenvalue weighted by Crippen LogP contribution is -2.41. The molecule has 1 saturated heterocycles. The lowest BCUT2D eigenvalue weighted by atomic mass is 9.78. The summed E-state index contributed by atoms with van der Waals surface area (Å²) in [4.78, 5) is 14.9. The first-order valence-electron chi connectivity index (χ1n) is 23.6. The van der Waals surface area contributed by atoms with Gasteiger partial charge < -0.3 is 9.31 Å². The molecule has 69 heavy (non-hydrogen) atoms. The fraction of sp³-hybridized carbons (Fsp3) is 0.0952. The van der Waals surface area contributed by atoms with Crippen molar-refractivity contribution in [1.82, 2.24) is 15.0 Å². The number of aromatic nitrogens is 3. The molecular formula is C63H50BN3O2. The zero-order valence-electron chi connectivity index (χ0n) is 39.2. The molecule has 0 spiro atoms. The van der Waals surface area contributed by atoms with Crippen molar-refractivity contribution in [2.75, 3.05) is 0 Å². The van der Waals surface area contributed by atoms with Crippen molar-refractivity contribution in [3.8, 4) is 101 Å². The van der Waals surface area contributed by atoms with Crippen LogP contribution in [0.15, 0.2) is 231 Å². The van der Waals surface area contributed by atoms with Gasteiger partial charge in [0, 0.05) is 46.4 Å². The van der Waals surface area contributed by atoms with Crippen LogP contribution in [-0.2, 0) is 9.31 Å². The number of pyridine rings is 3. The van der Waals surface area contributed by atoms with E-state index in [1.54, 1.807) is 0 Å². The van der Waals surface area contributed by atoms with Gasteiger partial charge in [0.25, 0.3) is 0 Å². The molecule has 0 saturated carbocycles. The van der Waals surface area contributed by atoms with E-state index in [-0.39, 0.29) is 0 Å². The predicted octanol–water partition coefficient (Wildman–Crippen LogP) is 15.2. The summed E-state index contributed by atoms with van der Waals surface area (Å²) in [5.74, 6) is 0. The van der Waals surface area contributed by atoms with Crippen molar-refractivity contribution >= 4 is 12.6 Å². The lowest BCUT2D eigenvalue weighted by Gasteiger charge is -2.32. The minimum atomic E-state index is -0.450. The van der Waals surface area contributed by atoms with Crippen molar-refractivity contribution in [2.45, 2.75) is 38.9 Å². The molecule has 7 aromatic carbocycles. The van der Waals surface area contributed by atoms with Gasteiger partial charge in [-0.25, -0.2) is 0 Å². The van der Waals surface area contributed by atoms with Crippen molar-refractivity contribution in [3.05, 3.63) is 231 Å². The third-order valence-electron chi connectivity index (χ3n) is 13.7. The molecule has 4 heterocycles. The van der Waals surface area contributed by atoms with Gasteiger partial charge in [0.15, 0.2) is 0 Å². The second-order valence-corrected chi connectivity index (χ2v) is 18.7. The molecule has 1 aliphatic heterocycles. The van der Waals surface area contributed by atoms with E-state index < -0.39 is 18.3 Å². The summed E-state index contributed by atoms with van der Waals surface area (Å²) in [7, 11) is -0.450. The van der Waals surface area contributed by atoms with E-state index >= 15 is 0 Å². The summed E-state index contributed by atoms with van der Waals surface area (Å²) >= 11 is 0. The second-order valence-electron chi connectivity index (χ2n) is 18.7. The Morgan fingerprint density at radius 3 is 0.957 bits per heavy atom. The number of rotatable bonds is 10. The minimum absolute atomic E-state index is 0.423. The Balaban J connectivity index is 1.00. The molecule has 3 aromatic heterocycles. The van der Waals surface area contributed by atoms with Crippen molar-refractivity contribution < 1.29 is 9.31 Å². The molecule has 0 aliphatic carbocycles. The zero-order chi connectivity index (χ0) is 47.0. The number of hydrogen-bond donors (Lipinski definition) is 0. The summed E-state index contributed by atoms with van der Waals surface area (Å²) in [5.41, 5.74) is 19.2. The van der Waals surface area contributed by atoms with Gasteiger partial charge in [-0.2, -0.15) is 0 Å². The number of hydrogen-bond acceptors (Lipinski definition) is 5. The average Bonchev–Trinajstić information content (AvgIpc) is 3.64. The molecule has 0 unspecified atom stereocenters. The molecule has 6 heteroatoms. The highest BCUT2D eigenvalue weighted by Gasteiger charge is 2.51. The van der Waals surface area contributed by atoms with Gasteiger partial charge in [0.1, 0.15) is 0 Å². The van der Waals surface area contributed by atoms with E-state index in [2.05, 4.69) is 198 Å². The predicted molar refractivity (Wildman–Crippen MR) is 284 cm³/mol. The maximum absolute atomic E-state index is 6.39. The average molecular weight is 892 g/mol. The molecule has 1 fully saturated rings. The minimum Gasteiger partial charge on any atom is -0.399 e. The highest BCUT2D eigenvalue weighted by molar-refractivity contribution is 6.62. The van der Waals surface area contributed by atoms with E-state index in [0.29, 0.717) is 0 Å². The smallest absolute Gasteiger partial charge is 0.399 e. The van der Waals surface area contributed by atoms with Crippen LogP contribution in [0.1, 0.15) is 27.7 Å². The Morgan fingerprint density at radius 1 is 0.290 bits per heavy atom. The first-order valence-corrected chi connectivity index (χ1v) is 23.6. The molecule has 10 aromatic rings. The summed E-state index contributed by atoms with van der Waals surface area (Å²) in [6, 6.07) is 74.8. The molecule has 0 bridgehead atoms. The molecule has 5 nitrogen and oxygen atoms in total. The van der Waals surface area contributed by atoms with Crippen LogP contribution < -0.4 is 5.46 Å². The van der Waals surface area contributed by atoms with Crippen molar-refractivity contribution in [1.29, 1.82) is 0 Å². The Morgan fingerprint density at radius 2 is 0.609 bits per heavy atom. The third-order valence-corrected chi connectivity index (χ3v) is 13.7. The summed E-state index contributed by atoms with van der Waals surface area (Å²) in [5, 5.41) is 0. The maximum atomic E-state index is 6.39. The highest BCUT2D eigenvalue weighted by Crippen LogP contribution is 2.43. The van der Waals surface area contributed by atoms with Crippen LogP contribution in [0, 0.1) is 0 Å². The monoisotopic (exact) mass is 891 g/mol. The number of nitrogens with zero attached hydrogens (tertiary/aromatic N) is 3. The Hall–Kier alpha value is -8.03. The molecule has 0 N–H and O–H groups in total. The van der Waals surface area contributed by atoms with Gasteiger partial charge in [0.2, 0.25) is 0 Å². The topological polar surface area (TPSA) is 57.1 Å². The van der Waals surface area contributed by atoms with Gasteiger partial charge in [-0.15, -0.1) is 0 Å². The van der Waals surface area contributed by atoms with E-state index in [1.807, 2.05) is 61.1 Å². The van der Waals surface area contributed by atoms with Crippen LogP contribution in [0.25, 0.3) is 101 Å². The summed E-state index contributed by atoms with van der Waals surface area (Å²) < 4.78 is 12.8. The number of benzene rings is 7. The molecule has 0 atom stereocenters. The van der Waals surface area contributed by atoms with Gasteiger partial charge in [-0.1, -0.05) is 176 Å². The quantitative estimate of drug-likeness (QED) is 0.128. The molecule has 11 rings (SSSR count). The van der Waals surface area contributed by atoms with E-state index in [0.717, 1.165) is 106 Å². The maximum Gasteiger partial charge on any atom is 0.494 e. The van der Waals surface area contributed by atoms with Crippen LogP contribution >= 0.6 is 0 Å². The fourth-order valence-corrected chi connectivity index (χ4v) is 9.27. The van der Waals surface area contributed by atoms with Gasteiger partial charge in [0.05, 0.1) is 28.3 Å².